The summed E-state index contributed by atoms with van der Waals surface area (Å²) in [6.07, 6.45) is 2.78. The SMILES string of the molecule is Cc1cc2c(cc1/C=N/NC(=O)COc1cccc(Cl)c1)C(C)CC(C)(C)N2C. The Kier molecular flexibility index (Phi) is 6.18. The van der Waals surface area contributed by atoms with Crippen molar-refractivity contribution in [3.63, 3.8) is 0 Å². The van der Waals surface area contributed by atoms with E-state index in [4.69, 9.17) is 16.3 Å². The zero-order chi connectivity index (χ0) is 21.2. The lowest BCUT2D eigenvalue weighted by Gasteiger charge is -2.45. The summed E-state index contributed by atoms with van der Waals surface area (Å²) in [6, 6.07) is 11.3. The van der Waals surface area contributed by atoms with Crippen LogP contribution in [0.2, 0.25) is 5.02 Å². The van der Waals surface area contributed by atoms with Crippen molar-refractivity contribution in [2.45, 2.75) is 45.6 Å². The summed E-state index contributed by atoms with van der Waals surface area (Å²) in [5, 5.41) is 4.67. The van der Waals surface area contributed by atoms with Gasteiger partial charge in [-0.2, -0.15) is 5.10 Å². The fraction of sp³-hybridized carbons (Fsp3) is 0.391. The number of amides is 1. The van der Waals surface area contributed by atoms with Crippen LogP contribution in [0.1, 0.15) is 49.8 Å². The van der Waals surface area contributed by atoms with Crippen LogP contribution in [0.5, 0.6) is 5.75 Å². The van der Waals surface area contributed by atoms with Crippen LogP contribution in [0.15, 0.2) is 41.5 Å². The summed E-state index contributed by atoms with van der Waals surface area (Å²) >= 11 is 5.90. The van der Waals surface area contributed by atoms with Gasteiger partial charge in [0.05, 0.1) is 6.21 Å². The van der Waals surface area contributed by atoms with E-state index in [1.165, 1.54) is 11.3 Å². The van der Waals surface area contributed by atoms with Crippen molar-refractivity contribution in [3.05, 3.63) is 58.1 Å². The summed E-state index contributed by atoms with van der Waals surface area (Å²) < 4.78 is 5.42. The van der Waals surface area contributed by atoms with E-state index >= 15 is 0 Å². The van der Waals surface area contributed by atoms with E-state index in [0.29, 0.717) is 16.7 Å². The molecule has 0 saturated heterocycles. The van der Waals surface area contributed by atoms with Gasteiger partial charge in [0.25, 0.3) is 5.91 Å². The van der Waals surface area contributed by atoms with E-state index < -0.39 is 0 Å². The van der Waals surface area contributed by atoms with Gasteiger partial charge in [0.1, 0.15) is 5.75 Å². The van der Waals surface area contributed by atoms with Crippen LogP contribution < -0.4 is 15.1 Å². The van der Waals surface area contributed by atoms with Gasteiger partial charge in [-0.15, -0.1) is 0 Å². The van der Waals surface area contributed by atoms with Crippen LogP contribution in [-0.2, 0) is 4.79 Å². The predicted octanol–water partition coefficient (Wildman–Crippen LogP) is 4.90. The largest absolute Gasteiger partial charge is 0.484 e. The highest BCUT2D eigenvalue weighted by molar-refractivity contribution is 6.30. The maximum Gasteiger partial charge on any atom is 0.277 e. The fourth-order valence-corrected chi connectivity index (χ4v) is 3.97. The van der Waals surface area contributed by atoms with Crippen molar-refractivity contribution >= 4 is 29.4 Å². The molecule has 154 valence electrons. The molecule has 1 heterocycles. The van der Waals surface area contributed by atoms with Gasteiger partial charge in [-0.05, 0) is 80.1 Å². The molecule has 0 fully saturated rings. The molecule has 5 nitrogen and oxygen atoms in total. The number of carbonyl (C=O) groups excluding carboxylic acids is 1. The quantitative estimate of drug-likeness (QED) is 0.560. The monoisotopic (exact) mass is 413 g/mol. The Morgan fingerprint density at radius 2 is 2.14 bits per heavy atom. The van der Waals surface area contributed by atoms with E-state index in [0.717, 1.165) is 17.5 Å². The molecule has 1 aliphatic heterocycles. The highest BCUT2D eigenvalue weighted by Crippen LogP contribution is 2.43. The van der Waals surface area contributed by atoms with E-state index in [2.05, 4.69) is 62.3 Å². The first-order valence-electron chi connectivity index (χ1n) is 9.76. The zero-order valence-corrected chi connectivity index (χ0v) is 18.4. The molecule has 0 bridgehead atoms. The number of fused-ring (bicyclic) bond motifs is 1. The third-order valence-corrected chi connectivity index (χ3v) is 5.82. The molecule has 0 aromatic heterocycles. The molecule has 2 aromatic rings. The Hall–Kier alpha value is -2.53. The fourth-order valence-electron chi connectivity index (χ4n) is 3.79. The van der Waals surface area contributed by atoms with Gasteiger partial charge in [-0.25, -0.2) is 5.43 Å². The van der Waals surface area contributed by atoms with Gasteiger partial charge < -0.3 is 9.64 Å². The third kappa shape index (κ3) is 4.91. The molecule has 1 aliphatic rings. The Morgan fingerprint density at radius 1 is 1.38 bits per heavy atom. The van der Waals surface area contributed by atoms with Gasteiger partial charge >= 0.3 is 0 Å². The summed E-state index contributed by atoms with van der Waals surface area (Å²) in [5.41, 5.74) is 7.35. The number of halogens is 1. The van der Waals surface area contributed by atoms with Gasteiger partial charge in [-0.1, -0.05) is 24.6 Å². The molecule has 1 N–H and O–H groups in total. The second kappa shape index (κ2) is 8.46. The van der Waals surface area contributed by atoms with Crippen LogP contribution in [0.25, 0.3) is 0 Å². The molecule has 1 atom stereocenters. The molecule has 1 amide bonds. The summed E-state index contributed by atoms with van der Waals surface area (Å²) in [7, 11) is 2.15. The number of ether oxygens (including phenoxy) is 1. The molecule has 0 aliphatic carbocycles. The number of hydrogen-bond donors (Lipinski definition) is 1. The number of rotatable bonds is 5. The predicted molar refractivity (Wildman–Crippen MR) is 119 cm³/mol. The van der Waals surface area contributed by atoms with Crippen LogP contribution in [-0.4, -0.2) is 31.3 Å². The smallest absolute Gasteiger partial charge is 0.277 e. The van der Waals surface area contributed by atoms with Crippen molar-refractivity contribution in [1.82, 2.24) is 5.43 Å². The molecule has 6 heteroatoms. The summed E-state index contributed by atoms with van der Waals surface area (Å²) in [6.45, 7) is 8.75. The van der Waals surface area contributed by atoms with Gasteiger partial charge in [-0.3, -0.25) is 4.79 Å². The third-order valence-electron chi connectivity index (χ3n) is 5.58. The van der Waals surface area contributed by atoms with Crippen LogP contribution in [0, 0.1) is 6.92 Å². The van der Waals surface area contributed by atoms with Gasteiger partial charge in [0.2, 0.25) is 0 Å². The molecular formula is C23H28ClN3O2. The van der Waals surface area contributed by atoms with Crippen molar-refractivity contribution in [1.29, 1.82) is 0 Å². The van der Waals surface area contributed by atoms with E-state index in [-0.39, 0.29) is 18.1 Å². The van der Waals surface area contributed by atoms with E-state index in [9.17, 15) is 4.79 Å². The van der Waals surface area contributed by atoms with Crippen molar-refractivity contribution in [2.24, 2.45) is 5.10 Å². The molecule has 1 unspecified atom stereocenters. The Bertz CT molecular complexity index is 940. The molecule has 0 saturated carbocycles. The number of benzene rings is 2. The minimum atomic E-state index is -0.327. The standard InChI is InChI=1S/C23H28ClN3O2/c1-15-9-21-20(16(2)12-23(3,4)27(21)5)10-17(15)13-25-26-22(28)14-29-19-8-6-7-18(24)11-19/h6-11,13,16H,12,14H2,1-5H3,(H,26,28)/b25-13+. The lowest BCUT2D eigenvalue weighted by atomic mass is 9.79. The molecular weight excluding hydrogens is 386 g/mol. The van der Waals surface area contributed by atoms with Crippen LogP contribution >= 0.6 is 11.6 Å². The number of nitrogens with one attached hydrogen (secondary N) is 1. The first-order chi connectivity index (χ1) is 13.7. The Balaban J connectivity index is 1.65. The maximum absolute atomic E-state index is 12.0. The molecule has 0 spiro atoms. The van der Waals surface area contributed by atoms with Crippen molar-refractivity contribution in [2.75, 3.05) is 18.6 Å². The lowest BCUT2D eigenvalue weighted by Crippen LogP contribution is -2.45. The average molecular weight is 414 g/mol. The molecule has 2 aromatic carbocycles. The number of hydrogen-bond acceptors (Lipinski definition) is 4. The average Bonchev–Trinajstić information content (AvgIpc) is 2.65. The van der Waals surface area contributed by atoms with Crippen LogP contribution in [0.4, 0.5) is 5.69 Å². The number of carbonyl (C=O) groups is 1. The number of aryl methyl sites for hydroxylation is 1. The summed E-state index contributed by atoms with van der Waals surface area (Å²) in [5.74, 6) is 0.680. The van der Waals surface area contributed by atoms with Crippen molar-refractivity contribution in [3.8, 4) is 5.75 Å². The summed E-state index contributed by atoms with van der Waals surface area (Å²) in [4.78, 5) is 14.3. The lowest BCUT2D eigenvalue weighted by molar-refractivity contribution is -0.123. The first kappa shape index (κ1) is 21.2. The van der Waals surface area contributed by atoms with Crippen molar-refractivity contribution < 1.29 is 9.53 Å². The zero-order valence-electron chi connectivity index (χ0n) is 17.6. The second-order valence-corrected chi connectivity index (χ2v) is 8.72. The van der Waals surface area contributed by atoms with Crippen LogP contribution in [0.3, 0.4) is 0 Å². The molecule has 3 rings (SSSR count). The first-order valence-corrected chi connectivity index (χ1v) is 10.1. The van der Waals surface area contributed by atoms with E-state index in [1.54, 1.807) is 30.5 Å². The number of anilines is 1. The second-order valence-electron chi connectivity index (χ2n) is 8.28. The molecule has 0 radical (unpaired) electrons. The highest BCUT2D eigenvalue weighted by atomic mass is 35.5. The normalized spacial score (nSPS) is 17.9. The highest BCUT2D eigenvalue weighted by Gasteiger charge is 2.34. The van der Waals surface area contributed by atoms with Gasteiger partial charge in [0, 0.05) is 23.3 Å². The topological polar surface area (TPSA) is 53.9 Å². The Morgan fingerprint density at radius 3 is 2.86 bits per heavy atom. The molecule has 29 heavy (non-hydrogen) atoms. The maximum atomic E-state index is 12.0. The minimum absolute atomic E-state index is 0.127. The Labute approximate surface area is 177 Å². The minimum Gasteiger partial charge on any atom is -0.484 e. The number of nitrogens with zero attached hydrogens (tertiary/aromatic N) is 2. The van der Waals surface area contributed by atoms with Gasteiger partial charge in [0.15, 0.2) is 6.61 Å². The number of hydrazone groups is 1. The van der Waals surface area contributed by atoms with E-state index in [1.807, 2.05) is 0 Å².